The molecule has 0 aliphatic carbocycles. The van der Waals surface area contributed by atoms with E-state index in [1.165, 1.54) is 11.5 Å². The van der Waals surface area contributed by atoms with Gasteiger partial charge in [0.05, 0.1) is 22.1 Å². The molecule has 0 saturated carbocycles. The number of rotatable bonds is 3. The molecule has 2 aromatic heterocycles. The second-order valence-corrected chi connectivity index (χ2v) is 4.64. The molecular formula is C7H5BrClN5S. The summed E-state index contributed by atoms with van der Waals surface area (Å²) >= 11 is 10.3. The van der Waals surface area contributed by atoms with Crippen LogP contribution in [-0.4, -0.2) is 19.6 Å². The number of nitrogens with zero attached hydrogens (tertiary/aromatic N) is 4. The molecule has 2 rings (SSSR count). The van der Waals surface area contributed by atoms with Gasteiger partial charge in [-0.05, 0) is 39.1 Å². The van der Waals surface area contributed by atoms with Gasteiger partial charge < -0.3 is 5.32 Å². The van der Waals surface area contributed by atoms with E-state index in [4.69, 9.17) is 11.6 Å². The molecule has 0 bridgehead atoms. The Morgan fingerprint density at radius 3 is 3.07 bits per heavy atom. The zero-order valence-electron chi connectivity index (χ0n) is 7.31. The first-order valence-electron chi connectivity index (χ1n) is 3.94. The van der Waals surface area contributed by atoms with E-state index >= 15 is 0 Å². The van der Waals surface area contributed by atoms with E-state index < -0.39 is 0 Å². The van der Waals surface area contributed by atoms with Crippen LogP contribution in [0.1, 0.15) is 4.88 Å². The normalized spacial score (nSPS) is 10.3. The van der Waals surface area contributed by atoms with Crippen LogP contribution < -0.4 is 5.32 Å². The molecule has 2 aromatic rings. The fourth-order valence-electron chi connectivity index (χ4n) is 0.906. The lowest BCUT2D eigenvalue weighted by Crippen LogP contribution is -2.01. The van der Waals surface area contributed by atoms with Gasteiger partial charge in [-0.15, -0.1) is 5.10 Å². The summed E-state index contributed by atoms with van der Waals surface area (Å²) in [5.41, 5.74) is 0. The van der Waals surface area contributed by atoms with Crippen molar-refractivity contribution >= 4 is 44.9 Å². The van der Waals surface area contributed by atoms with Crippen molar-refractivity contribution in [1.29, 1.82) is 0 Å². The highest BCUT2D eigenvalue weighted by Crippen LogP contribution is 2.20. The summed E-state index contributed by atoms with van der Waals surface area (Å²) in [5, 5.41) is 7.05. The van der Waals surface area contributed by atoms with Gasteiger partial charge in [-0.25, -0.2) is 4.98 Å². The van der Waals surface area contributed by atoms with Crippen LogP contribution in [-0.2, 0) is 6.54 Å². The third-order valence-electron chi connectivity index (χ3n) is 1.55. The molecule has 2 heterocycles. The molecule has 0 aliphatic heterocycles. The van der Waals surface area contributed by atoms with E-state index in [1.807, 2.05) is 0 Å². The average Bonchev–Trinajstić information content (AvgIpc) is 2.72. The number of anilines is 1. The van der Waals surface area contributed by atoms with E-state index in [2.05, 4.69) is 40.8 Å². The van der Waals surface area contributed by atoms with Crippen molar-refractivity contribution in [1.82, 2.24) is 19.6 Å². The van der Waals surface area contributed by atoms with Crippen molar-refractivity contribution in [2.24, 2.45) is 0 Å². The Hall–Kier alpha value is -0.790. The smallest absolute Gasteiger partial charge is 0.224 e. The molecule has 15 heavy (non-hydrogen) atoms. The number of halogens is 2. The summed E-state index contributed by atoms with van der Waals surface area (Å²) in [6, 6.07) is 0. The highest BCUT2D eigenvalue weighted by Gasteiger charge is 2.04. The van der Waals surface area contributed by atoms with E-state index in [9.17, 15) is 0 Å². The summed E-state index contributed by atoms with van der Waals surface area (Å²) in [6.45, 7) is 0.615. The summed E-state index contributed by atoms with van der Waals surface area (Å²) < 4.78 is 4.52. The summed E-state index contributed by atoms with van der Waals surface area (Å²) in [5.74, 6) is 0.656. The SMILES string of the molecule is Clc1ncc(Br)c(NCc2cnns2)n1. The van der Waals surface area contributed by atoms with Crippen molar-refractivity contribution < 1.29 is 0 Å². The lowest BCUT2D eigenvalue weighted by atomic mass is 10.5. The van der Waals surface area contributed by atoms with E-state index in [-0.39, 0.29) is 5.28 Å². The molecule has 0 spiro atoms. The quantitative estimate of drug-likeness (QED) is 0.882. The Morgan fingerprint density at radius 2 is 2.33 bits per heavy atom. The average molecular weight is 307 g/mol. The number of hydrogen-bond acceptors (Lipinski definition) is 6. The fraction of sp³-hybridized carbons (Fsp3) is 0.143. The predicted octanol–water partition coefficient (Wildman–Crippen LogP) is 2.36. The van der Waals surface area contributed by atoms with Crippen LogP contribution in [0.5, 0.6) is 0 Å². The molecule has 0 unspecified atom stereocenters. The zero-order chi connectivity index (χ0) is 10.7. The van der Waals surface area contributed by atoms with Crippen LogP contribution in [0, 0.1) is 0 Å². The highest BCUT2D eigenvalue weighted by molar-refractivity contribution is 9.10. The lowest BCUT2D eigenvalue weighted by molar-refractivity contribution is 1.08. The van der Waals surface area contributed by atoms with Gasteiger partial charge in [-0.3, -0.25) is 0 Å². The Bertz CT molecular complexity index is 449. The Labute approximate surface area is 103 Å². The number of nitrogens with one attached hydrogen (secondary N) is 1. The van der Waals surface area contributed by atoms with Crippen LogP contribution in [0.25, 0.3) is 0 Å². The Morgan fingerprint density at radius 1 is 1.47 bits per heavy atom. The monoisotopic (exact) mass is 305 g/mol. The molecule has 0 aromatic carbocycles. The van der Waals surface area contributed by atoms with Gasteiger partial charge in [-0.1, -0.05) is 4.49 Å². The van der Waals surface area contributed by atoms with E-state index in [1.54, 1.807) is 12.4 Å². The van der Waals surface area contributed by atoms with Crippen molar-refractivity contribution in [3.63, 3.8) is 0 Å². The second-order valence-electron chi connectivity index (χ2n) is 2.57. The molecule has 0 aliphatic rings. The maximum absolute atomic E-state index is 5.67. The largest absolute Gasteiger partial charge is 0.364 e. The maximum Gasteiger partial charge on any atom is 0.224 e. The predicted molar refractivity (Wildman–Crippen MR) is 62.0 cm³/mol. The standard InChI is InChI=1S/C7H5BrClN5S/c8-5-3-11-7(9)13-6(5)10-1-4-2-12-14-15-4/h2-3H,1H2,(H,10,11,13). The highest BCUT2D eigenvalue weighted by atomic mass is 79.9. The van der Waals surface area contributed by atoms with Gasteiger partial charge >= 0.3 is 0 Å². The minimum Gasteiger partial charge on any atom is -0.364 e. The van der Waals surface area contributed by atoms with Crippen LogP contribution >= 0.6 is 39.1 Å². The Kier molecular flexibility index (Phi) is 3.45. The molecule has 0 radical (unpaired) electrons. The summed E-state index contributed by atoms with van der Waals surface area (Å²) in [4.78, 5) is 8.89. The van der Waals surface area contributed by atoms with Gasteiger partial charge in [0.25, 0.3) is 0 Å². The van der Waals surface area contributed by atoms with E-state index in [0.29, 0.717) is 12.4 Å². The summed E-state index contributed by atoms with van der Waals surface area (Å²) in [6.07, 6.45) is 3.30. The minimum atomic E-state index is 0.211. The van der Waals surface area contributed by atoms with Crippen molar-refractivity contribution in [3.8, 4) is 0 Å². The van der Waals surface area contributed by atoms with Crippen molar-refractivity contribution in [3.05, 3.63) is 27.0 Å². The van der Waals surface area contributed by atoms with Gasteiger partial charge in [0.2, 0.25) is 5.28 Å². The Balaban J connectivity index is 2.07. The zero-order valence-corrected chi connectivity index (χ0v) is 10.5. The topological polar surface area (TPSA) is 63.6 Å². The lowest BCUT2D eigenvalue weighted by Gasteiger charge is -2.04. The molecule has 0 fully saturated rings. The molecule has 1 N–H and O–H groups in total. The first-order chi connectivity index (χ1) is 7.25. The van der Waals surface area contributed by atoms with Crippen LogP contribution in [0.2, 0.25) is 5.28 Å². The molecule has 78 valence electrons. The molecule has 0 amide bonds. The fourth-order valence-corrected chi connectivity index (χ4v) is 1.80. The molecule has 5 nitrogen and oxygen atoms in total. The minimum absolute atomic E-state index is 0.211. The number of aromatic nitrogens is 4. The first kappa shape index (κ1) is 10.7. The van der Waals surface area contributed by atoms with Crippen LogP contribution in [0.15, 0.2) is 16.9 Å². The molecular weight excluding hydrogens is 302 g/mol. The van der Waals surface area contributed by atoms with Crippen molar-refractivity contribution in [2.75, 3.05) is 5.32 Å². The molecule has 8 heteroatoms. The number of hydrogen-bond donors (Lipinski definition) is 1. The van der Waals surface area contributed by atoms with Gasteiger partial charge in [0.15, 0.2) is 0 Å². The van der Waals surface area contributed by atoms with Gasteiger partial charge in [0.1, 0.15) is 5.82 Å². The van der Waals surface area contributed by atoms with Gasteiger partial charge in [0, 0.05) is 6.20 Å². The van der Waals surface area contributed by atoms with Crippen LogP contribution in [0.3, 0.4) is 0 Å². The van der Waals surface area contributed by atoms with Crippen LogP contribution in [0.4, 0.5) is 5.82 Å². The second kappa shape index (κ2) is 4.82. The van der Waals surface area contributed by atoms with Gasteiger partial charge in [-0.2, -0.15) is 4.98 Å². The third kappa shape index (κ3) is 2.83. The van der Waals surface area contributed by atoms with E-state index in [0.717, 1.165) is 9.35 Å². The molecule has 0 atom stereocenters. The van der Waals surface area contributed by atoms with Crippen molar-refractivity contribution in [2.45, 2.75) is 6.54 Å². The third-order valence-corrected chi connectivity index (χ3v) is 2.97. The first-order valence-corrected chi connectivity index (χ1v) is 5.88. The molecule has 0 saturated heterocycles. The summed E-state index contributed by atoms with van der Waals surface area (Å²) in [7, 11) is 0. The maximum atomic E-state index is 5.67.